The second kappa shape index (κ2) is 20.7. The van der Waals surface area contributed by atoms with E-state index in [-0.39, 0.29) is 33.8 Å². The van der Waals surface area contributed by atoms with Crippen LogP contribution in [0, 0.1) is 0 Å². The van der Waals surface area contributed by atoms with E-state index >= 15 is 0 Å². The number of hydrogen-bond donors (Lipinski definition) is 5. The maximum absolute atomic E-state index is 10.6. The highest BCUT2D eigenvalue weighted by Crippen LogP contribution is 1.84. The fourth-order valence-corrected chi connectivity index (χ4v) is 1.24. The van der Waals surface area contributed by atoms with Crippen LogP contribution in [0.2, 0.25) is 0 Å². The number of Topliss-reactive ketones (excluding diaryl/α,β-unsaturated/α-hetero) is 1. The van der Waals surface area contributed by atoms with Gasteiger partial charge in [0, 0.05) is 42.4 Å². The lowest BCUT2D eigenvalue weighted by molar-refractivity contribution is 0.0689. The molecule has 0 bridgehead atoms. The molecule has 0 fully saturated rings. The molecule has 184 valence electrons. The highest BCUT2D eigenvalue weighted by molar-refractivity contribution is 7.83. The summed E-state index contributed by atoms with van der Waals surface area (Å²) in [5.41, 5.74) is -3.18. The zero-order valence-corrected chi connectivity index (χ0v) is 16.7. The van der Waals surface area contributed by atoms with E-state index in [9.17, 15) is 33.0 Å². The van der Waals surface area contributed by atoms with Crippen molar-refractivity contribution in [3.8, 4) is 0 Å². The van der Waals surface area contributed by atoms with Crippen LogP contribution >= 0.6 is 0 Å². The van der Waals surface area contributed by atoms with Gasteiger partial charge in [0.15, 0.2) is 5.78 Å². The van der Waals surface area contributed by atoms with Gasteiger partial charge in [-0.3, -0.25) is 28.6 Å². The first kappa shape index (κ1) is 39.0. The van der Waals surface area contributed by atoms with Crippen LogP contribution in [0.25, 0.3) is 0 Å². The first-order chi connectivity index (χ1) is 13.3. The van der Waals surface area contributed by atoms with E-state index in [1.165, 1.54) is 6.92 Å². The third kappa shape index (κ3) is 21.2. The summed E-state index contributed by atoms with van der Waals surface area (Å²) in [6.45, 7) is 1.27. The van der Waals surface area contributed by atoms with Crippen molar-refractivity contribution >= 4 is 34.1 Å². The molecule has 16 heteroatoms. The van der Waals surface area contributed by atoms with Gasteiger partial charge in [-0.15, -0.1) is 0 Å². The molecule has 32 heavy (non-hydrogen) atoms. The standard InChI is InChI=1S/C6H6N2O3.C5H4N2O4.C2H6OS.3CH4.O2S/c1-3(9)4-2-5(10)8-6(11)7-4;8-3-1-2(4(9)10)6-5(11)7-3;1-4(2)3;;;;1-3-2/h2H,1H3,(H2,7,8,10,11);1H,(H,9,10)(H2,6,7,8,11);1-2H3;3*1H4;. The Labute approximate surface area is 188 Å². The van der Waals surface area contributed by atoms with Gasteiger partial charge in [0.05, 0.1) is 5.69 Å². The van der Waals surface area contributed by atoms with Crippen molar-refractivity contribution in [3.63, 3.8) is 0 Å². The molecule has 2 rings (SSSR count). The molecule has 14 nitrogen and oxygen atoms in total. The van der Waals surface area contributed by atoms with Gasteiger partial charge in [0.25, 0.3) is 11.1 Å². The van der Waals surface area contributed by atoms with Gasteiger partial charge in [-0.05, 0) is 0 Å². The Balaban J connectivity index is -0.000000110. The number of H-pyrrole nitrogens is 4. The Bertz CT molecular complexity index is 987. The van der Waals surface area contributed by atoms with Crippen LogP contribution in [-0.2, 0) is 22.4 Å². The number of aromatic amines is 4. The number of hydrogen-bond acceptors (Lipinski definition) is 9. The van der Waals surface area contributed by atoms with E-state index in [0.29, 0.717) is 0 Å². The Morgan fingerprint density at radius 3 is 1.34 bits per heavy atom. The number of carboxylic acids is 1. The van der Waals surface area contributed by atoms with Crippen LogP contribution < -0.4 is 22.5 Å². The molecule has 0 saturated carbocycles. The lowest BCUT2D eigenvalue weighted by Gasteiger charge is -1.90. The lowest BCUT2D eigenvalue weighted by Crippen LogP contribution is -2.24. The molecule has 0 atom stereocenters. The molecule has 0 radical (unpaired) electrons. The summed E-state index contributed by atoms with van der Waals surface area (Å²) >= 11 is -0.750. The normalized spacial score (nSPS) is 8.00. The molecule has 2 aromatic heterocycles. The molecule has 2 aromatic rings. The average molecular weight is 501 g/mol. The molecule has 0 aromatic carbocycles. The van der Waals surface area contributed by atoms with Crippen LogP contribution in [0.5, 0.6) is 0 Å². The molecule has 2 heterocycles. The number of aromatic nitrogens is 4. The molecule has 0 amide bonds. The summed E-state index contributed by atoms with van der Waals surface area (Å²) in [6.07, 6.45) is 3.28. The van der Waals surface area contributed by atoms with Crippen molar-refractivity contribution in [2.45, 2.75) is 29.2 Å². The van der Waals surface area contributed by atoms with E-state index in [1.54, 1.807) is 12.5 Å². The Hall–Kier alpha value is -3.53. The lowest BCUT2D eigenvalue weighted by atomic mass is 10.3. The molecule has 0 unspecified atom stereocenters. The molecule has 0 saturated heterocycles. The number of ketones is 1. The molecule has 0 aliphatic heterocycles. The minimum absolute atomic E-state index is 0. The summed E-state index contributed by atoms with van der Waals surface area (Å²) in [6, 6.07) is 1.84. The second-order valence-corrected chi connectivity index (χ2v) is 6.29. The first-order valence-corrected chi connectivity index (χ1v) is 9.55. The minimum atomic E-state index is -1.34. The monoisotopic (exact) mass is 500 g/mol. The van der Waals surface area contributed by atoms with Crippen LogP contribution in [0.3, 0.4) is 0 Å². The van der Waals surface area contributed by atoms with E-state index in [4.69, 9.17) is 13.5 Å². The minimum Gasteiger partial charge on any atom is -0.477 e. The fraction of sp³-hybridized carbons (Fsp3) is 0.375. The summed E-state index contributed by atoms with van der Waals surface area (Å²) < 4.78 is 26.1. The first-order valence-electron chi connectivity index (χ1n) is 6.92. The number of aromatic carboxylic acids is 1. The zero-order valence-electron chi connectivity index (χ0n) is 15.1. The van der Waals surface area contributed by atoms with Crippen molar-refractivity contribution in [2.75, 3.05) is 12.5 Å². The Kier molecular flexibility index (Phi) is 25.3. The Morgan fingerprint density at radius 2 is 1.09 bits per heavy atom. The molecule has 0 aliphatic carbocycles. The van der Waals surface area contributed by atoms with Gasteiger partial charge in [0.2, 0.25) is 0 Å². The second-order valence-electron chi connectivity index (χ2n) is 4.67. The predicted molar refractivity (Wildman–Crippen MR) is 121 cm³/mol. The topological polar surface area (TPSA) is 237 Å². The van der Waals surface area contributed by atoms with Gasteiger partial charge in [-0.1, -0.05) is 22.3 Å². The number of carbonyl (C=O) groups excluding carboxylic acids is 1. The molecule has 0 spiro atoms. The van der Waals surface area contributed by atoms with Crippen molar-refractivity contribution in [1.82, 2.24) is 19.9 Å². The van der Waals surface area contributed by atoms with Crippen LogP contribution in [-0.4, -0.2) is 61.9 Å². The number of carbonyl (C=O) groups is 2. The summed E-state index contributed by atoms with van der Waals surface area (Å²) in [5, 5.41) is 8.31. The van der Waals surface area contributed by atoms with E-state index in [2.05, 4.69) is 4.98 Å². The third-order valence-corrected chi connectivity index (χ3v) is 2.13. The van der Waals surface area contributed by atoms with Crippen molar-refractivity contribution in [1.29, 1.82) is 0 Å². The maximum Gasteiger partial charge on any atom is 0.352 e. The summed E-state index contributed by atoms with van der Waals surface area (Å²) in [4.78, 5) is 70.8. The van der Waals surface area contributed by atoms with Gasteiger partial charge < -0.3 is 15.1 Å². The molecular formula is C16H28N4O10S2. The van der Waals surface area contributed by atoms with Gasteiger partial charge in [0.1, 0.15) is 5.69 Å². The van der Waals surface area contributed by atoms with E-state index in [0.717, 1.165) is 12.1 Å². The quantitative estimate of drug-likeness (QED) is 0.323. The smallest absolute Gasteiger partial charge is 0.352 e. The fourth-order valence-electron chi connectivity index (χ4n) is 1.24. The largest absolute Gasteiger partial charge is 0.477 e. The molecule has 0 aliphatic rings. The van der Waals surface area contributed by atoms with E-state index < -0.39 is 56.5 Å². The molecular weight excluding hydrogens is 472 g/mol. The summed E-state index contributed by atoms with van der Waals surface area (Å²) in [7, 11) is -0.611. The third-order valence-electron chi connectivity index (χ3n) is 2.13. The highest BCUT2D eigenvalue weighted by atomic mass is 32.2. The van der Waals surface area contributed by atoms with Crippen molar-refractivity contribution < 1.29 is 27.3 Å². The molecule has 5 N–H and O–H groups in total. The van der Waals surface area contributed by atoms with Crippen molar-refractivity contribution in [3.05, 3.63) is 65.2 Å². The van der Waals surface area contributed by atoms with Gasteiger partial charge >= 0.3 is 28.9 Å². The zero-order chi connectivity index (χ0) is 23.1. The van der Waals surface area contributed by atoms with E-state index in [1.807, 2.05) is 15.0 Å². The average Bonchev–Trinajstić information content (AvgIpc) is 2.53. The SMILES string of the molecule is C.C.C.CC(=O)c1cc(=O)[nH]c(=O)[nH]1.CS(C)=O.O=C(O)c1cc(=O)[nH]c(=O)[nH]1.O=S=O. The highest BCUT2D eigenvalue weighted by Gasteiger charge is 2.03. The van der Waals surface area contributed by atoms with Gasteiger partial charge in [-0.2, -0.15) is 8.42 Å². The van der Waals surface area contributed by atoms with Crippen LogP contribution in [0.1, 0.15) is 50.2 Å². The van der Waals surface area contributed by atoms with Gasteiger partial charge in [-0.25, -0.2) is 14.4 Å². The summed E-state index contributed by atoms with van der Waals surface area (Å²) in [5.74, 6) is -1.68. The van der Waals surface area contributed by atoms with Crippen LogP contribution in [0.4, 0.5) is 0 Å². The Morgan fingerprint density at radius 1 is 0.812 bits per heavy atom. The number of carboxylic acid groups (broad SMARTS) is 1. The van der Waals surface area contributed by atoms with Crippen LogP contribution in [0.15, 0.2) is 31.3 Å². The van der Waals surface area contributed by atoms with Crippen molar-refractivity contribution in [2.24, 2.45) is 0 Å². The maximum atomic E-state index is 10.6. The number of nitrogens with one attached hydrogen (secondary N) is 4. The number of rotatable bonds is 2. The predicted octanol–water partition coefficient (Wildman–Crippen LogP) is -0.740.